The standard InChI is InChI=1S/C52H46N4OS/c1-50(2,3)32-18-24-46-40(27-32)52(41-28-33(51(4,5)6)19-25-47(41)58-46)38-23-21-35(30-45(38)55-31-54(7)43-16-12-14-39(52)49(43)55)57-34-20-22-37-36-13-8-9-15-42(36)56(44(37)29-34)48-17-10-11-26-53-48/h8-30H,31H2,1-7H3. The zero-order valence-electron chi connectivity index (χ0n) is 34.1. The number of rotatable bonds is 3. The van der Waals surface area contributed by atoms with E-state index in [1.165, 1.54) is 71.0 Å². The van der Waals surface area contributed by atoms with Crippen molar-refractivity contribution in [3.05, 3.63) is 173 Å². The summed E-state index contributed by atoms with van der Waals surface area (Å²) >= 11 is 1.91. The normalized spacial score (nSPS) is 15.1. The van der Waals surface area contributed by atoms with Crippen molar-refractivity contribution in [1.82, 2.24) is 9.55 Å². The molecule has 1 spiro atoms. The minimum atomic E-state index is -0.554. The number of anilines is 3. The Balaban J connectivity index is 1.15. The Bertz CT molecular complexity index is 2920. The zero-order valence-corrected chi connectivity index (χ0v) is 34.9. The van der Waals surface area contributed by atoms with Crippen molar-refractivity contribution in [3.63, 3.8) is 0 Å². The van der Waals surface area contributed by atoms with Crippen molar-refractivity contribution in [2.24, 2.45) is 0 Å². The molecule has 3 aliphatic rings. The number of hydrogen-bond donors (Lipinski definition) is 0. The van der Waals surface area contributed by atoms with Gasteiger partial charge < -0.3 is 14.5 Å². The van der Waals surface area contributed by atoms with Gasteiger partial charge >= 0.3 is 0 Å². The molecule has 6 heteroatoms. The molecule has 0 amide bonds. The zero-order chi connectivity index (χ0) is 39.7. The van der Waals surface area contributed by atoms with Crippen molar-refractivity contribution in [3.8, 4) is 17.3 Å². The number of benzene rings is 6. The van der Waals surface area contributed by atoms with Crippen LogP contribution in [0.2, 0.25) is 0 Å². The minimum Gasteiger partial charge on any atom is -0.457 e. The number of hydrogen-bond acceptors (Lipinski definition) is 5. The molecule has 0 fully saturated rings. The molecular formula is C52H46N4OS. The predicted molar refractivity (Wildman–Crippen MR) is 240 cm³/mol. The van der Waals surface area contributed by atoms with E-state index in [4.69, 9.17) is 9.72 Å². The number of aromatic nitrogens is 2. The van der Waals surface area contributed by atoms with Crippen molar-refractivity contribution < 1.29 is 4.74 Å². The van der Waals surface area contributed by atoms with Crippen molar-refractivity contribution in [2.45, 2.75) is 67.6 Å². The fourth-order valence-corrected chi connectivity index (χ4v) is 10.9. The molecular weight excluding hydrogens is 729 g/mol. The largest absolute Gasteiger partial charge is 0.457 e. The Morgan fingerprint density at radius 1 is 0.586 bits per heavy atom. The van der Waals surface area contributed by atoms with Gasteiger partial charge in [0.2, 0.25) is 0 Å². The molecule has 6 aromatic carbocycles. The van der Waals surface area contributed by atoms with Crippen LogP contribution in [0.1, 0.15) is 74.9 Å². The average Bonchev–Trinajstić information content (AvgIpc) is 3.73. The highest BCUT2D eigenvalue weighted by molar-refractivity contribution is 7.99. The summed E-state index contributed by atoms with van der Waals surface area (Å²) < 4.78 is 9.16. The average molecular weight is 775 g/mol. The number of para-hydroxylation sites is 2. The highest BCUT2D eigenvalue weighted by Crippen LogP contribution is 2.65. The molecule has 0 radical (unpaired) electrons. The minimum absolute atomic E-state index is 0.0160. The lowest BCUT2D eigenvalue weighted by Gasteiger charge is -2.48. The van der Waals surface area contributed by atoms with E-state index in [-0.39, 0.29) is 10.8 Å². The molecule has 3 aliphatic heterocycles. The summed E-state index contributed by atoms with van der Waals surface area (Å²) in [6.07, 6.45) is 1.85. The fourth-order valence-electron chi connectivity index (χ4n) is 9.73. The summed E-state index contributed by atoms with van der Waals surface area (Å²) in [6, 6.07) is 49.3. The van der Waals surface area contributed by atoms with E-state index >= 15 is 0 Å². The van der Waals surface area contributed by atoms with E-state index in [1.54, 1.807) is 0 Å². The third-order valence-electron chi connectivity index (χ3n) is 12.6. The SMILES string of the molecule is CN1CN2c3cc(Oc4ccc5c6ccccc6n(-c6ccccn6)c5c4)ccc3C3(c4cc(C(C)(C)C)ccc4Sc4ccc(C(C)(C)C)cc43)c3cccc1c32. The van der Waals surface area contributed by atoms with Gasteiger partial charge in [0.15, 0.2) is 0 Å². The molecule has 0 N–H and O–H groups in total. The van der Waals surface area contributed by atoms with Gasteiger partial charge in [0.1, 0.15) is 17.3 Å². The first kappa shape index (κ1) is 35.2. The van der Waals surface area contributed by atoms with Crippen LogP contribution in [-0.2, 0) is 16.2 Å². The molecule has 0 unspecified atom stereocenters. The molecule has 0 atom stereocenters. The van der Waals surface area contributed by atoms with E-state index in [9.17, 15) is 0 Å². The van der Waals surface area contributed by atoms with Gasteiger partial charge in [-0.05, 0) is 98.8 Å². The first-order valence-electron chi connectivity index (χ1n) is 20.3. The van der Waals surface area contributed by atoms with E-state index < -0.39 is 5.41 Å². The summed E-state index contributed by atoms with van der Waals surface area (Å²) in [5.74, 6) is 2.47. The van der Waals surface area contributed by atoms with Gasteiger partial charge in [0, 0.05) is 45.9 Å². The predicted octanol–water partition coefficient (Wildman–Crippen LogP) is 13.3. The topological polar surface area (TPSA) is 33.5 Å². The van der Waals surface area contributed by atoms with Gasteiger partial charge in [-0.3, -0.25) is 4.57 Å². The molecule has 0 saturated carbocycles. The molecule has 0 bridgehead atoms. The number of nitrogens with zero attached hydrogens (tertiary/aromatic N) is 4. The van der Waals surface area contributed by atoms with Crippen LogP contribution in [0.15, 0.2) is 149 Å². The Morgan fingerprint density at radius 3 is 1.97 bits per heavy atom. The molecule has 11 rings (SSSR count). The lowest BCUT2D eigenvalue weighted by atomic mass is 9.61. The third-order valence-corrected chi connectivity index (χ3v) is 13.7. The maximum absolute atomic E-state index is 6.93. The van der Waals surface area contributed by atoms with Crippen LogP contribution in [0.4, 0.5) is 17.1 Å². The van der Waals surface area contributed by atoms with Crippen LogP contribution >= 0.6 is 11.8 Å². The molecule has 0 saturated heterocycles. The van der Waals surface area contributed by atoms with Gasteiger partial charge in [0.25, 0.3) is 0 Å². The van der Waals surface area contributed by atoms with Gasteiger partial charge in [-0.15, -0.1) is 0 Å². The van der Waals surface area contributed by atoms with E-state index in [0.717, 1.165) is 35.0 Å². The monoisotopic (exact) mass is 774 g/mol. The van der Waals surface area contributed by atoms with Gasteiger partial charge in [-0.1, -0.05) is 120 Å². The molecule has 58 heavy (non-hydrogen) atoms. The lowest BCUT2D eigenvalue weighted by Crippen LogP contribution is -2.41. The molecule has 8 aromatic rings. The van der Waals surface area contributed by atoms with Crippen LogP contribution in [0.3, 0.4) is 0 Å². The molecule has 0 aliphatic carbocycles. The smallest absolute Gasteiger partial charge is 0.137 e. The molecule has 286 valence electrons. The number of ether oxygens (including phenoxy) is 1. The second kappa shape index (κ2) is 12.3. The summed E-state index contributed by atoms with van der Waals surface area (Å²) in [4.78, 5) is 12.3. The van der Waals surface area contributed by atoms with Crippen molar-refractivity contribution in [2.75, 3.05) is 23.5 Å². The Kier molecular flexibility index (Phi) is 7.44. The van der Waals surface area contributed by atoms with Crippen LogP contribution in [0.25, 0.3) is 27.6 Å². The van der Waals surface area contributed by atoms with Crippen molar-refractivity contribution >= 4 is 50.6 Å². The van der Waals surface area contributed by atoms with Crippen LogP contribution in [0, 0.1) is 0 Å². The molecule has 5 heterocycles. The van der Waals surface area contributed by atoms with Crippen LogP contribution < -0.4 is 14.5 Å². The van der Waals surface area contributed by atoms with Gasteiger partial charge in [0.05, 0.1) is 40.2 Å². The summed E-state index contributed by atoms with van der Waals surface area (Å²) in [5.41, 5.74) is 13.3. The number of pyridine rings is 1. The summed E-state index contributed by atoms with van der Waals surface area (Å²) in [5, 5.41) is 2.36. The first-order valence-corrected chi connectivity index (χ1v) is 21.1. The molecule has 2 aromatic heterocycles. The second-order valence-corrected chi connectivity index (χ2v) is 19.3. The highest BCUT2D eigenvalue weighted by Gasteiger charge is 2.53. The highest BCUT2D eigenvalue weighted by atomic mass is 32.2. The maximum Gasteiger partial charge on any atom is 0.137 e. The summed E-state index contributed by atoms with van der Waals surface area (Å²) in [7, 11) is 2.21. The van der Waals surface area contributed by atoms with Crippen molar-refractivity contribution in [1.29, 1.82) is 0 Å². The van der Waals surface area contributed by atoms with Crippen LogP contribution in [0.5, 0.6) is 11.5 Å². The van der Waals surface area contributed by atoms with E-state index in [1.807, 2.05) is 30.1 Å². The number of fused-ring (bicyclic) bond motifs is 11. The van der Waals surface area contributed by atoms with Gasteiger partial charge in [-0.2, -0.15) is 0 Å². The molecule has 5 nitrogen and oxygen atoms in total. The summed E-state index contributed by atoms with van der Waals surface area (Å²) in [6.45, 7) is 14.7. The Hall–Kier alpha value is -5.98. The van der Waals surface area contributed by atoms with E-state index in [0.29, 0.717) is 0 Å². The second-order valence-electron chi connectivity index (χ2n) is 18.2. The Labute approximate surface area is 344 Å². The van der Waals surface area contributed by atoms with Gasteiger partial charge in [-0.25, -0.2) is 4.98 Å². The third kappa shape index (κ3) is 5.00. The Morgan fingerprint density at radius 2 is 1.26 bits per heavy atom. The fraction of sp³-hybridized carbons (Fsp3) is 0.212. The quantitative estimate of drug-likeness (QED) is 0.179. The maximum atomic E-state index is 6.93. The van der Waals surface area contributed by atoms with E-state index in [2.05, 4.69) is 184 Å². The first-order chi connectivity index (χ1) is 27.9. The van der Waals surface area contributed by atoms with Crippen LogP contribution in [-0.4, -0.2) is 23.3 Å². The lowest BCUT2D eigenvalue weighted by molar-refractivity contribution is 0.482.